The fraction of sp³-hybridized carbons (Fsp3) is 0.0769. The smallest absolute Gasteiger partial charge is 0.175 e. The average molecular weight is 246 g/mol. The Kier molecular flexibility index (Phi) is 2.03. The van der Waals surface area contributed by atoms with Crippen LogP contribution in [0.4, 0.5) is 0 Å². The number of sulfone groups is 1. The first-order valence-electron chi connectivity index (χ1n) is 5.17. The summed E-state index contributed by atoms with van der Waals surface area (Å²) >= 11 is 0. The number of fused-ring (bicyclic) bond motifs is 3. The van der Waals surface area contributed by atoms with Gasteiger partial charge in [-0.15, -0.1) is 0 Å². The lowest BCUT2D eigenvalue weighted by molar-refractivity contribution is 0.602. The second-order valence-electron chi connectivity index (χ2n) is 4.03. The molecule has 3 rings (SSSR count). The highest BCUT2D eigenvalue weighted by Gasteiger charge is 2.11. The molecule has 0 saturated carbocycles. The van der Waals surface area contributed by atoms with Gasteiger partial charge in [-0.2, -0.15) is 0 Å². The SMILES string of the molecule is CS(=O)(=O)c1ccc2oc3ccccc3c2c1. The predicted molar refractivity (Wildman–Crippen MR) is 66.8 cm³/mol. The van der Waals surface area contributed by atoms with Crippen LogP contribution in [0.5, 0.6) is 0 Å². The van der Waals surface area contributed by atoms with Crippen LogP contribution in [0.2, 0.25) is 0 Å². The van der Waals surface area contributed by atoms with E-state index in [4.69, 9.17) is 4.42 Å². The topological polar surface area (TPSA) is 47.3 Å². The first-order chi connectivity index (χ1) is 8.05. The zero-order valence-electron chi connectivity index (χ0n) is 9.17. The van der Waals surface area contributed by atoms with Crippen LogP contribution in [0.1, 0.15) is 0 Å². The summed E-state index contributed by atoms with van der Waals surface area (Å²) in [4.78, 5) is 0.316. The number of hydrogen-bond donors (Lipinski definition) is 0. The van der Waals surface area contributed by atoms with Gasteiger partial charge >= 0.3 is 0 Å². The van der Waals surface area contributed by atoms with Gasteiger partial charge in [0.2, 0.25) is 0 Å². The minimum atomic E-state index is -3.18. The Morgan fingerprint density at radius 3 is 2.41 bits per heavy atom. The molecule has 3 aromatic rings. The molecule has 0 atom stereocenters. The third kappa shape index (κ3) is 1.61. The second kappa shape index (κ2) is 3.34. The summed E-state index contributed by atoms with van der Waals surface area (Å²) in [5, 5.41) is 1.77. The standard InChI is InChI=1S/C13H10O3S/c1-17(14,15)9-6-7-13-11(8-9)10-4-2-3-5-12(10)16-13/h2-8H,1H3. The van der Waals surface area contributed by atoms with Crippen molar-refractivity contribution in [2.24, 2.45) is 0 Å². The Hall–Kier alpha value is -1.81. The maximum atomic E-state index is 11.5. The van der Waals surface area contributed by atoms with Gasteiger partial charge in [0, 0.05) is 17.0 Å². The van der Waals surface area contributed by atoms with E-state index < -0.39 is 9.84 Å². The molecule has 1 heterocycles. The molecular weight excluding hydrogens is 236 g/mol. The first kappa shape index (κ1) is 10.4. The fourth-order valence-corrected chi connectivity index (χ4v) is 2.58. The summed E-state index contributed by atoms with van der Waals surface area (Å²) < 4.78 is 28.6. The highest BCUT2D eigenvalue weighted by atomic mass is 32.2. The molecule has 2 aromatic carbocycles. The highest BCUT2D eigenvalue weighted by Crippen LogP contribution is 2.30. The quantitative estimate of drug-likeness (QED) is 0.663. The second-order valence-corrected chi connectivity index (χ2v) is 6.04. The van der Waals surface area contributed by atoms with Crippen LogP contribution in [0, 0.1) is 0 Å². The van der Waals surface area contributed by atoms with E-state index >= 15 is 0 Å². The normalized spacial score (nSPS) is 12.3. The fourth-order valence-electron chi connectivity index (χ4n) is 1.94. The van der Waals surface area contributed by atoms with E-state index in [9.17, 15) is 8.42 Å². The monoisotopic (exact) mass is 246 g/mol. The lowest BCUT2D eigenvalue weighted by atomic mass is 10.1. The zero-order valence-corrected chi connectivity index (χ0v) is 9.99. The molecule has 0 bridgehead atoms. The third-order valence-corrected chi connectivity index (χ3v) is 3.89. The third-order valence-electron chi connectivity index (χ3n) is 2.78. The zero-order chi connectivity index (χ0) is 12.0. The summed E-state index contributed by atoms with van der Waals surface area (Å²) in [5.41, 5.74) is 1.48. The van der Waals surface area contributed by atoms with Crippen LogP contribution in [-0.4, -0.2) is 14.7 Å². The molecule has 0 aliphatic rings. The number of hydrogen-bond acceptors (Lipinski definition) is 3. The molecule has 0 fully saturated rings. The Morgan fingerprint density at radius 2 is 1.65 bits per heavy atom. The molecule has 0 N–H and O–H groups in total. The molecule has 0 amide bonds. The van der Waals surface area contributed by atoms with Crippen molar-refractivity contribution in [1.82, 2.24) is 0 Å². The van der Waals surface area contributed by atoms with E-state index in [2.05, 4.69) is 0 Å². The van der Waals surface area contributed by atoms with Crippen LogP contribution in [-0.2, 0) is 9.84 Å². The Bertz CT molecular complexity index is 813. The van der Waals surface area contributed by atoms with Gasteiger partial charge in [0.25, 0.3) is 0 Å². The van der Waals surface area contributed by atoms with Crippen molar-refractivity contribution in [3.05, 3.63) is 42.5 Å². The Morgan fingerprint density at radius 1 is 0.941 bits per heavy atom. The number of rotatable bonds is 1. The summed E-state index contributed by atoms with van der Waals surface area (Å²) in [7, 11) is -3.18. The van der Waals surface area contributed by atoms with Gasteiger partial charge in [-0.25, -0.2) is 8.42 Å². The van der Waals surface area contributed by atoms with E-state index in [1.54, 1.807) is 18.2 Å². The summed E-state index contributed by atoms with van der Waals surface area (Å²) in [6, 6.07) is 12.5. The van der Waals surface area contributed by atoms with Crippen molar-refractivity contribution in [3.63, 3.8) is 0 Å². The van der Waals surface area contributed by atoms with Crippen LogP contribution in [0.3, 0.4) is 0 Å². The molecule has 17 heavy (non-hydrogen) atoms. The minimum absolute atomic E-state index is 0.316. The van der Waals surface area contributed by atoms with Crippen LogP contribution >= 0.6 is 0 Å². The van der Waals surface area contributed by atoms with Crippen molar-refractivity contribution in [2.45, 2.75) is 4.90 Å². The van der Waals surface area contributed by atoms with Crippen LogP contribution in [0.15, 0.2) is 51.8 Å². The van der Waals surface area contributed by atoms with Crippen molar-refractivity contribution < 1.29 is 12.8 Å². The van der Waals surface area contributed by atoms with E-state index in [1.807, 2.05) is 24.3 Å². The maximum Gasteiger partial charge on any atom is 0.175 e. The van der Waals surface area contributed by atoms with Crippen molar-refractivity contribution >= 4 is 31.8 Å². The summed E-state index contributed by atoms with van der Waals surface area (Å²) in [6.07, 6.45) is 1.20. The lowest BCUT2D eigenvalue weighted by Crippen LogP contribution is -1.95. The molecule has 0 aliphatic heterocycles. The molecule has 0 radical (unpaired) electrons. The Balaban J connectivity index is 2.46. The van der Waals surface area contributed by atoms with Crippen LogP contribution in [0.25, 0.3) is 21.9 Å². The molecular formula is C13H10O3S. The average Bonchev–Trinajstić information content (AvgIpc) is 2.65. The molecule has 0 spiro atoms. The number of benzene rings is 2. The highest BCUT2D eigenvalue weighted by molar-refractivity contribution is 7.90. The predicted octanol–water partition coefficient (Wildman–Crippen LogP) is 2.99. The van der Waals surface area contributed by atoms with Crippen LogP contribution < -0.4 is 0 Å². The molecule has 0 saturated heterocycles. The first-order valence-corrected chi connectivity index (χ1v) is 7.06. The van der Waals surface area contributed by atoms with Gasteiger partial charge in [-0.3, -0.25) is 0 Å². The molecule has 4 heteroatoms. The van der Waals surface area contributed by atoms with Gasteiger partial charge in [0.1, 0.15) is 11.2 Å². The van der Waals surface area contributed by atoms with Gasteiger partial charge in [0.15, 0.2) is 9.84 Å². The molecule has 86 valence electrons. The van der Waals surface area contributed by atoms with Gasteiger partial charge in [-0.1, -0.05) is 18.2 Å². The number of para-hydroxylation sites is 1. The molecule has 0 unspecified atom stereocenters. The van der Waals surface area contributed by atoms with Gasteiger partial charge in [0.05, 0.1) is 4.90 Å². The van der Waals surface area contributed by atoms with E-state index in [-0.39, 0.29) is 0 Å². The lowest BCUT2D eigenvalue weighted by Gasteiger charge is -1.97. The number of furan rings is 1. The maximum absolute atomic E-state index is 11.5. The summed E-state index contributed by atoms with van der Waals surface area (Å²) in [6.45, 7) is 0. The van der Waals surface area contributed by atoms with E-state index in [0.29, 0.717) is 10.5 Å². The van der Waals surface area contributed by atoms with Gasteiger partial charge in [-0.05, 0) is 24.3 Å². The molecule has 1 aromatic heterocycles. The van der Waals surface area contributed by atoms with Gasteiger partial charge < -0.3 is 4.42 Å². The van der Waals surface area contributed by atoms with Crippen molar-refractivity contribution in [1.29, 1.82) is 0 Å². The van der Waals surface area contributed by atoms with Crippen molar-refractivity contribution in [3.8, 4) is 0 Å². The van der Waals surface area contributed by atoms with E-state index in [1.165, 1.54) is 6.26 Å². The van der Waals surface area contributed by atoms with Crippen molar-refractivity contribution in [2.75, 3.05) is 6.26 Å². The largest absolute Gasteiger partial charge is 0.456 e. The molecule has 0 aliphatic carbocycles. The minimum Gasteiger partial charge on any atom is -0.456 e. The van der Waals surface area contributed by atoms with E-state index in [0.717, 1.165) is 16.4 Å². The molecule has 3 nitrogen and oxygen atoms in total. The summed E-state index contributed by atoms with van der Waals surface area (Å²) in [5.74, 6) is 0. The Labute approximate surface area is 98.6 Å².